The van der Waals surface area contributed by atoms with Gasteiger partial charge >= 0.3 is 5.97 Å². The maximum atomic E-state index is 10.7. The first kappa shape index (κ1) is 8.68. The van der Waals surface area contributed by atoms with Crippen LogP contribution in [0.2, 0.25) is 0 Å². The van der Waals surface area contributed by atoms with E-state index in [0.29, 0.717) is 6.54 Å². The third-order valence-electron chi connectivity index (χ3n) is 2.14. The van der Waals surface area contributed by atoms with Crippen LogP contribution in [0.1, 0.15) is 16.5 Å². The summed E-state index contributed by atoms with van der Waals surface area (Å²) >= 11 is 1.40. The average Bonchev–Trinajstić information content (AvgIpc) is 2.52. The summed E-state index contributed by atoms with van der Waals surface area (Å²) in [5, 5.41) is 23.0. The summed E-state index contributed by atoms with van der Waals surface area (Å²) in [7, 11) is 0. The van der Waals surface area contributed by atoms with Gasteiger partial charge in [-0.05, 0) is 17.0 Å². The number of carboxylic acid groups (broad SMARTS) is 1. The van der Waals surface area contributed by atoms with E-state index in [1.165, 1.54) is 11.3 Å². The summed E-state index contributed by atoms with van der Waals surface area (Å²) in [5.74, 6) is -1.01. The van der Waals surface area contributed by atoms with E-state index in [4.69, 9.17) is 5.11 Å². The second-order valence-electron chi connectivity index (χ2n) is 2.95. The van der Waals surface area contributed by atoms with Gasteiger partial charge < -0.3 is 10.2 Å². The van der Waals surface area contributed by atoms with Crippen LogP contribution >= 0.6 is 11.3 Å². The molecule has 1 aromatic rings. The van der Waals surface area contributed by atoms with Gasteiger partial charge in [-0.1, -0.05) is 0 Å². The number of aliphatic carboxylic acids is 1. The molecular formula is C8H9NO3S. The number of nitrogens with one attached hydrogen (secondary N) is 1. The topological polar surface area (TPSA) is 69.6 Å². The number of thiophene rings is 1. The molecule has 1 aliphatic rings. The number of hydrogen-bond donors (Lipinski definition) is 3. The van der Waals surface area contributed by atoms with Gasteiger partial charge in [0.05, 0.1) is 0 Å². The molecule has 0 aromatic carbocycles. The molecular weight excluding hydrogens is 190 g/mol. The summed E-state index contributed by atoms with van der Waals surface area (Å²) in [6, 6.07) is 1.03. The molecule has 0 saturated heterocycles. The van der Waals surface area contributed by atoms with E-state index in [9.17, 15) is 9.90 Å². The lowest BCUT2D eigenvalue weighted by molar-refractivity contribution is -0.143. The average molecular weight is 199 g/mol. The number of aliphatic hydroxyl groups excluding tert-OH is 1. The molecule has 0 bridgehead atoms. The Balaban J connectivity index is 2.32. The van der Waals surface area contributed by atoms with Crippen LogP contribution in [0.3, 0.4) is 0 Å². The van der Waals surface area contributed by atoms with E-state index in [1.807, 2.05) is 11.4 Å². The van der Waals surface area contributed by atoms with Crippen molar-refractivity contribution in [2.45, 2.75) is 18.7 Å². The molecule has 70 valence electrons. The predicted octanol–water partition coefficient (Wildman–Crippen LogP) is 0.338. The summed E-state index contributed by atoms with van der Waals surface area (Å²) in [5.41, 5.74) is 0.995. The van der Waals surface area contributed by atoms with Crippen LogP contribution in [-0.2, 0) is 11.3 Å². The van der Waals surface area contributed by atoms with Crippen molar-refractivity contribution < 1.29 is 15.0 Å². The number of fused-ring (bicyclic) bond motifs is 1. The fourth-order valence-electron chi connectivity index (χ4n) is 1.46. The van der Waals surface area contributed by atoms with E-state index < -0.39 is 18.1 Å². The van der Waals surface area contributed by atoms with Crippen LogP contribution in [0.4, 0.5) is 0 Å². The van der Waals surface area contributed by atoms with Gasteiger partial charge in [-0.15, -0.1) is 11.3 Å². The first-order valence-electron chi connectivity index (χ1n) is 3.90. The summed E-state index contributed by atoms with van der Waals surface area (Å²) < 4.78 is 0. The molecule has 3 N–H and O–H groups in total. The van der Waals surface area contributed by atoms with Crippen molar-refractivity contribution in [1.82, 2.24) is 5.32 Å². The van der Waals surface area contributed by atoms with Crippen molar-refractivity contribution in [1.29, 1.82) is 0 Å². The van der Waals surface area contributed by atoms with Gasteiger partial charge in [0.1, 0.15) is 12.1 Å². The molecule has 1 aromatic heterocycles. The molecule has 5 heteroatoms. The molecule has 0 spiro atoms. The highest BCUT2D eigenvalue weighted by Gasteiger charge is 2.33. The molecule has 2 heterocycles. The Bertz CT molecular complexity index is 336. The Hall–Kier alpha value is -0.910. The minimum Gasteiger partial charge on any atom is -0.480 e. The minimum absolute atomic E-state index is 0.521. The Labute approximate surface area is 78.8 Å². The van der Waals surface area contributed by atoms with Crippen molar-refractivity contribution in [3.63, 3.8) is 0 Å². The third-order valence-corrected chi connectivity index (χ3v) is 3.17. The molecule has 0 saturated carbocycles. The second-order valence-corrected chi connectivity index (χ2v) is 3.90. The predicted molar refractivity (Wildman–Crippen MR) is 47.5 cm³/mol. The highest BCUT2D eigenvalue weighted by Crippen LogP contribution is 2.30. The molecule has 0 amide bonds. The van der Waals surface area contributed by atoms with Crippen molar-refractivity contribution >= 4 is 17.3 Å². The molecule has 0 radical (unpaired) electrons. The fourth-order valence-corrected chi connectivity index (χ4v) is 2.40. The van der Waals surface area contributed by atoms with Crippen LogP contribution in [0, 0.1) is 0 Å². The van der Waals surface area contributed by atoms with Crippen LogP contribution in [0.5, 0.6) is 0 Å². The first-order chi connectivity index (χ1) is 6.20. The summed E-state index contributed by atoms with van der Waals surface area (Å²) in [6.45, 7) is 0.521. The molecule has 13 heavy (non-hydrogen) atoms. The highest BCUT2D eigenvalue weighted by molar-refractivity contribution is 7.10. The Morgan fingerprint density at radius 1 is 1.69 bits per heavy atom. The lowest BCUT2D eigenvalue weighted by Gasteiger charge is -2.25. The Morgan fingerprint density at radius 3 is 3.15 bits per heavy atom. The zero-order chi connectivity index (χ0) is 9.42. The fraction of sp³-hybridized carbons (Fsp3) is 0.375. The molecule has 2 rings (SSSR count). The molecule has 0 aliphatic carbocycles. The normalized spacial score (nSPS) is 26.8. The number of aliphatic hydroxyl groups is 1. The van der Waals surface area contributed by atoms with Crippen molar-refractivity contribution in [3.8, 4) is 0 Å². The largest absolute Gasteiger partial charge is 0.480 e. The summed E-state index contributed by atoms with van der Waals surface area (Å²) in [6.07, 6.45) is -0.916. The lowest BCUT2D eigenvalue weighted by Crippen LogP contribution is -2.44. The monoisotopic (exact) mass is 199 g/mol. The van der Waals surface area contributed by atoms with Gasteiger partial charge in [-0.3, -0.25) is 10.1 Å². The molecule has 1 aliphatic heterocycles. The zero-order valence-corrected chi connectivity index (χ0v) is 7.54. The van der Waals surface area contributed by atoms with E-state index in [1.54, 1.807) is 0 Å². The molecule has 0 fully saturated rings. The number of carbonyl (C=O) groups is 1. The van der Waals surface area contributed by atoms with Crippen molar-refractivity contribution in [2.24, 2.45) is 0 Å². The van der Waals surface area contributed by atoms with Gasteiger partial charge in [-0.25, -0.2) is 0 Å². The van der Waals surface area contributed by atoms with Crippen LogP contribution in [0.25, 0.3) is 0 Å². The van der Waals surface area contributed by atoms with E-state index in [2.05, 4.69) is 5.32 Å². The maximum Gasteiger partial charge on any atom is 0.323 e. The number of rotatable bonds is 1. The van der Waals surface area contributed by atoms with Gasteiger partial charge in [0.25, 0.3) is 0 Å². The van der Waals surface area contributed by atoms with E-state index in [-0.39, 0.29) is 0 Å². The van der Waals surface area contributed by atoms with Crippen molar-refractivity contribution in [2.75, 3.05) is 0 Å². The third kappa shape index (κ3) is 1.35. The van der Waals surface area contributed by atoms with Crippen LogP contribution in [-0.4, -0.2) is 22.2 Å². The van der Waals surface area contributed by atoms with Crippen molar-refractivity contribution in [3.05, 3.63) is 21.9 Å². The molecule has 4 nitrogen and oxygen atoms in total. The Kier molecular flexibility index (Phi) is 2.07. The minimum atomic E-state index is -1.01. The van der Waals surface area contributed by atoms with Gasteiger partial charge in [0.15, 0.2) is 0 Å². The maximum absolute atomic E-state index is 10.7. The standard InChI is InChI=1S/C8H9NO3S/c10-6-5(8(11)12)9-3-4-1-2-13-7(4)6/h1-2,5-6,9-10H,3H2,(H,11,12). The Morgan fingerprint density at radius 2 is 2.46 bits per heavy atom. The smallest absolute Gasteiger partial charge is 0.323 e. The summed E-state index contributed by atoms with van der Waals surface area (Å²) in [4.78, 5) is 11.4. The molecule has 2 unspecified atom stereocenters. The van der Waals surface area contributed by atoms with E-state index >= 15 is 0 Å². The number of hydrogen-bond acceptors (Lipinski definition) is 4. The highest BCUT2D eigenvalue weighted by atomic mass is 32.1. The van der Waals surface area contributed by atoms with Gasteiger partial charge in [-0.2, -0.15) is 0 Å². The first-order valence-corrected chi connectivity index (χ1v) is 4.78. The SMILES string of the molecule is O=C(O)C1NCc2ccsc2C1O. The van der Waals surface area contributed by atoms with Crippen LogP contribution in [0.15, 0.2) is 11.4 Å². The lowest BCUT2D eigenvalue weighted by atomic mass is 10.0. The van der Waals surface area contributed by atoms with E-state index in [0.717, 1.165) is 10.4 Å². The quantitative estimate of drug-likeness (QED) is 0.610. The second kappa shape index (κ2) is 3.10. The molecule has 2 atom stereocenters. The van der Waals surface area contributed by atoms with Crippen LogP contribution < -0.4 is 5.32 Å². The zero-order valence-electron chi connectivity index (χ0n) is 6.73. The van der Waals surface area contributed by atoms with Gasteiger partial charge in [0, 0.05) is 11.4 Å². The van der Waals surface area contributed by atoms with Gasteiger partial charge in [0.2, 0.25) is 0 Å². The number of carboxylic acids is 1.